The number of aromatic nitrogens is 7. The molecule has 0 fully saturated rings. The number of nitrogens with one attached hydrogen (secondary N) is 1. The SMILES string of the molecule is c1ccc(Cn2nnc3c(NC4CCc5cncn5C4)ncnc32)cc1. The lowest BCUT2D eigenvalue weighted by Crippen LogP contribution is -2.31. The Bertz CT molecular complexity index is 1040. The highest BCUT2D eigenvalue weighted by molar-refractivity contribution is 5.82. The fourth-order valence-corrected chi connectivity index (χ4v) is 3.44. The number of rotatable bonds is 4. The van der Waals surface area contributed by atoms with Crippen molar-refractivity contribution in [1.82, 2.24) is 34.5 Å². The average Bonchev–Trinajstić information content (AvgIpc) is 3.30. The third kappa shape index (κ3) is 2.69. The molecule has 0 amide bonds. The van der Waals surface area contributed by atoms with Crippen LogP contribution in [0, 0.1) is 0 Å². The van der Waals surface area contributed by atoms with Gasteiger partial charge in [-0.05, 0) is 18.4 Å². The molecular weight excluding hydrogens is 328 g/mol. The molecule has 3 aromatic heterocycles. The molecule has 0 spiro atoms. The summed E-state index contributed by atoms with van der Waals surface area (Å²) in [6.45, 7) is 1.51. The Morgan fingerprint density at radius 2 is 2.08 bits per heavy atom. The highest BCUT2D eigenvalue weighted by Crippen LogP contribution is 2.21. The van der Waals surface area contributed by atoms with Crippen LogP contribution in [0.5, 0.6) is 0 Å². The van der Waals surface area contributed by atoms with Gasteiger partial charge in [0.25, 0.3) is 0 Å². The first-order valence-corrected chi connectivity index (χ1v) is 8.70. The first-order valence-electron chi connectivity index (χ1n) is 8.70. The average molecular weight is 346 g/mol. The highest BCUT2D eigenvalue weighted by atomic mass is 15.4. The first kappa shape index (κ1) is 15.0. The van der Waals surface area contributed by atoms with Crippen LogP contribution >= 0.6 is 0 Å². The number of anilines is 1. The summed E-state index contributed by atoms with van der Waals surface area (Å²) in [7, 11) is 0. The molecule has 0 radical (unpaired) electrons. The normalized spacial score (nSPS) is 16.5. The van der Waals surface area contributed by atoms with Crippen LogP contribution in [0.25, 0.3) is 11.2 Å². The molecule has 1 N–H and O–H groups in total. The second kappa shape index (κ2) is 6.21. The zero-order valence-electron chi connectivity index (χ0n) is 14.2. The van der Waals surface area contributed by atoms with Gasteiger partial charge in [0.2, 0.25) is 0 Å². The molecule has 4 heterocycles. The molecule has 26 heavy (non-hydrogen) atoms. The van der Waals surface area contributed by atoms with E-state index in [9.17, 15) is 0 Å². The molecule has 8 nitrogen and oxygen atoms in total. The van der Waals surface area contributed by atoms with Crippen molar-refractivity contribution in [3.63, 3.8) is 0 Å². The van der Waals surface area contributed by atoms with Crippen molar-refractivity contribution in [2.75, 3.05) is 5.32 Å². The highest BCUT2D eigenvalue weighted by Gasteiger charge is 2.20. The molecule has 5 rings (SSSR count). The molecule has 4 aromatic rings. The standard InChI is InChI=1S/C18H18N8/c1-2-4-13(5-3-1)9-26-18-16(23-24-26)17(20-11-21-18)22-14-6-7-15-8-19-12-25(15)10-14/h1-5,8,11-12,14H,6-7,9-10H2,(H,20,21,22). The van der Waals surface area contributed by atoms with Crippen molar-refractivity contribution in [3.8, 4) is 0 Å². The summed E-state index contributed by atoms with van der Waals surface area (Å²) in [6, 6.07) is 10.5. The molecule has 0 bridgehead atoms. The second-order valence-electron chi connectivity index (χ2n) is 6.54. The third-order valence-corrected chi connectivity index (χ3v) is 4.78. The van der Waals surface area contributed by atoms with Gasteiger partial charge >= 0.3 is 0 Å². The van der Waals surface area contributed by atoms with Gasteiger partial charge < -0.3 is 9.88 Å². The van der Waals surface area contributed by atoms with E-state index in [2.05, 4.69) is 47.3 Å². The Morgan fingerprint density at radius 3 is 3.00 bits per heavy atom. The van der Waals surface area contributed by atoms with Gasteiger partial charge in [-0.2, -0.15) is 0 Å². The molecule has 1 atom stereocenters. The van der Waals surface area contributed by atoms with Crippen molar-refractivity contribution >= 4 is 17.0 Å². The number of benzene rings is 1. The summed E-state index contributed by atoms with van der Waals surface area (Å²) >= 11 is 0. The first-order chi connectivity index (χ1) is 12.9. The van der Waals surface area contributed by atoms with Crippen LogP contribution in [0.1, 0.15) is 17.7 Å². The van der Waals surface area contributed by atoms with Gasteiger partial charge in [-0.3, -0.25) is 0 Å². The Balaban J connectivity index is 1.41. The van der Waals surface area contributed by atoms with Crippen molar-refractivity contribution < 1.29 is 0 Å². The fraction of sp³-hybridized carbons (Fsp3) is 0.278. The molecule has 130 valence electrons. The number of imidazole rings is 1. The lowest BCUT2D eigenvalue weighted by atomic mass is 10.1. The lowest BCUT2D eigenvalue weighted by Gasteiger charge is -2.25. The molecule has 1 aliphatic rings. The van der Waals surface area contributed by atoms with Crippen molar-refractivity contribution in [2.45, 2.75) is 32.0 Å². The van der Waals surface area contributed by atoms with Crippen LogP contribution in [-0.2, 0) is 19.5 Å². The number of aryl methyl sites for hydroxylation is 1. The van der Waals surface area contributed by atoms with Crippen LogP contribution in [0.2, 0.25) is 0 Å². The van der Waals surface area contributed by atoms with Gasteiger partial charge in [0.1, 0.15) is 6.33 Å². The monoisotopic (exact) mass is 346 g/mol. The predicted molar refractivity (Wildman–Crippen MR) is 96.6 cm³/mol. The Hall–Kier alpha value is -3.29. The molecule has 0 aliphatic carbocycles. The van der Waals surface area contributed by atoms with E-state index >= 15 is 0 Å². The molecule has 8 heteroatoms. The van der Waals surface area contributed by atoms with Gasteiger partial charge in [0.15, 0.2) is 17.0 Å². The van der Waals surface area contributed by atoms with E-state index in [0.717, 1.165) is 36.4 Å². The Kier molecular flexibility index (Phi) is 3.59. The van der Waals surface area contributed by atoms with Gasteiger partial charge in [-0.25, -0.2) is 19.6 Å². The lowest BCUT2D eigenvalue weighted by molar-refractivity contribution is 0.483. The summed E-state index contributed by atoms with van der Waals surface area (Å²) in [5, 5.41) is 12.1. The molecule has 0 saturated carbocycles. The van der Waals surface area contributed by atoms with Gasteiger partial charge in [-0.15, -0.1) is 5.10 Å². The summed E-state index contributed by atoms with van der Waals surface area (Å²) < 4.78 is 4.00. The van der Waals surface area contributed by atoms with Crippen LogP contribution in [0.4, 0.5) is 5.82 Å². The zero-order chi connectivity index (χ0) is 17.3. The van der Waals surface area contributed by atoms with E-state index < -0.39 is 0 Å². The summed E-state index contributed by atoms with van der Waals surface area (Å²) in [5.74, 6) is 0.739. The van der Waals surface area contributed by atoms with Crippen LogP contribution in [0.3, 0.4) is 0 Å². The minimum Gasteiger partial charge on any atom is -0.364 e. The Labute approximate surface area is 149 Å². The van der Waals surface area contributed by atoms with E-state index in [0.29, 0.717) is 12.1 Å². The van der Waals surface area contributed by atoms with E-state index in [1.165, 1.54) is 5.69 Å². The van der Waals surface area contributed by atoms with Crippen molar-refractivity contribution in [1.29, 1.82) is 0 Å². The maximum Gasteiger partial charge on any atom is 0.184 e. The van der Waals surface area contributed by atoms with Gasteiger partial charge in [0.05, 0.1) is 12.9 Å². The van der Waals surface area contributed by atoms with E-state index in [1.807, 2.05) is 35.4 Å². The number of hydrogen-bond donors (Lipinski definition) is 1. The molecule has 1 aliphatic heterocycles. The minimum absolute atomic E-state index is 0.286. The number of hydrogen-bond acceptors (Lipinski definition) is 6. The second-order valence-corrected chi connectivity index (χ2v) is 6.54. The topological polar surface area (TPSA) is 86.3 Å². The third-order valence-electron chi connectivity index (χ3n) is 4.78. The molecule has 0 saturated heterocycles. The molecular formula is C18H18N8. The van der Waals surface area contributed by atoms with Crippen molar-refractivity contribution in [3.05, 3.63) is 60.4 Å². The zero-order valence-corrected chi connectivity index (χ0v) is 14.2. The van der Waals surface area contributed by atoms with E-state index in [-0.39, 0.29) is 6.04 Å². The smallest absolute Gasteiger partial charge is 0.184 e. The molecule has 1 aromatic carbocycles. The summed E-state index contributed by atoms with van der Waals surface area (Å²) in [5.41, 5.74) is 3.89. The molecule has 1 unspecified atom stereocenters. The maximum atomic E-state index is 4.40. The van der Waals surface area contributed by atoms with Crippen LogP contribution in [-0.4, -0.2) is 40.6 Å². The summed E-state index contributed by atoms with van der Waals surface area (Å²) in [4.78, 5) is 13.0. The Morgan fingerprint density at radius 1 is 1.15 bits per heavy atom. The largest absolute Gasteiger partial charge is 0.364 e. The van der Waals surface area contributed by atoms with Crippen molar-refractivity contribution in [2.24, 2.45) is 0 Å². The predicted octanol–water partition coefficient (Wildman–Crippen LogP) is 1.89. The van der Waals surface area contributed by atoms with Gasteiger partial charge in [-0.1, -0.05) is 35.5 Å². The number of fused-ring (bicyclic) bond motifs is 2. The minimum atomic E-state index is 0.286. The number of nitrogens with zero attached hydrogens (tertiary/aromatic N) is 7. The maximum absolute atomic E-state index is 4.40. The van der Waals surface area contributed by atoms with Crippen LogP contribution in [0.15, 0.2) is 49.2 Å². The quantitative estimate of drug-likeness (QED) is 0.607. The summed E-state index contributed by atoms with van der Waals surface area (Å²) in [6.07, 6.45) is 7.44. The van der Waals surface area contributed by atoms with Crippen LogP contribution < -0.4 is 5.32 Å². The fourth-order valence-electron chi connectivity index (χ4n) is 3.44. The van der Waals surface area contributed by atoms with E-state index in [1.54, 1.807) is 6.33 Å². The van der Waals surface area contributed by atoms with Gasteiger partial charge in [0, 0.05) is 24.5 Å². The van der Waals surface area contributed by atoms with E-state index in [4.69, 9.17) is 0 Å².